The Hall–Kier alpha value is -3.91. The van der Waals surface area contributed by atoms with Crippen LogP contribution in [0.3, 0.4) is 0 Å². The molecule has 1 N–H and O–H groups in total. The molecule has 0 bridgehead atoms. The minimum atomic E-state index is -4.46. The molecular weight excluding hydrogens is 589 g/mol. The number of carbonyl (C=O) groups excluding carboxylic acids is 3. The number of ether oxygens (including phenoxy) is 6. The van der Waals surface area contributed by atoms with E-state index in [1.807, 2.05) is 13.8 Å². The van der Waals surface area contributed by atoms with Gasteiger partial charge in [0, 0.05) is 31.7 Å². The topological polar surface area (TPSA) is 132 Å². The lowest BCUT2D eigenvalue weighted by Crippen LogP contribution is -2.46. The van der Waals surface area contributed by atoms with Crippen LogP contribution in [-0.2, 0) is 41.1 Å². The molecule has 11 nitrogen and oxygen atoms in total. The fraction of sp³-hybridized carbons (Fsp3) is 0.533. The standard InChI is InChI=1S/C30H37F3N2O9/c1-17(2)13-41-26-18(3)44-29(38)23(15-40-14-21(26)12-20-6-8-22(9-7-20)30(31,32)33)35-28(37)25-27(43-16-42-19(4)36)24(39-5)10-11-34-25/h6-11,17-18,21,23,26H,12-16H2,1-5H3,(H,35,37)/t18-,21-,23-,26-/m0/s1. The number of aromatic nitrogens is 1. The normalized spacial score (nSPS) is 21.0. The molecule has 0 saturated carbocycles. The Balaban J connectivity index is 1.80. The summed E-state index contributed by atoms with van der Waals surface area (Å²) in [6, 6.07) is 5.01. The first-order valence-electron chi connectivity index (χ1n) is 14.0. The number of alkyl halides is 3. The van der Waals surface area contributed by atoms with Crippen molar-refractivity contribution in [2.45, 2.75) is 58.5 Å². The lowest BCUT2D eigenvalue weighted by molar-refractivity contribution is -0.161. The lowest BCUT2D eigenvalue weighted by atomic mass is 9.91. The number of nitrogens with zero attached hydrogens (tertiary/aromatic N) is 1. The highest BCUT2D eigenvalue weighted by Gasteiger charge is 2.37. The Labute approximate surface area is 253 Å². The summed E-state index contributed by atoms with van der Waals surface area (Å²) in [5.74, 6) is -2.43. The van der Waals surface area contributed by atoms with E-state index in [1.165, 1.54) is 38.4 Å². The third-order valence-electron chi connectivity index (χ3n) is 6.61. The van der Waals surface area contributed by atoms with Gasteiger partial charge in [-0.3, -0.25) is 9.59 Å². The van der Waals surface area contributed by atoms with E-state index in [9.17, 15) is 27.6 Å². The molecule has 0 unspecified atom stereocenters. The summed E-state index contributed by atoms with van der Waals surface area (Å²) < 4.78 is 72.4. The van der Waals surface area contributed by atoms with E-state index in [4.69, 9.17) is 28.4 Å². The van der Waals surface area contributed by atoms with Crippen LogP contribution in [0.25, 0.3) is 0 Å². The second kappa shape index (κ2) is 15.7. The summed E-state index contributed by atoms with van der Waals surface area (Å²) in [4.78, 5) is 41.7. The minimum absolute atomic E-state index is 0.0608. The summed E-state index contributed by atoms with van der Waals surface area (Å²) in [6.45, 7) is 6.36. The highest BCUT2D eigenvalue weighted by atomic mass is 19.4. The first-order valence-corrected chi connectivity index (χ1v) is 14.0. The molecule has 0 spiro atoms. The number of rotatable bonds is 11. The molecule has 1 fully saturated rings. The maximum atomic E-state index is 13.3. The highest BCUT2D eigenvalue weighted by Crippen LogP contribution is 2.31. The van der Waals surface area contributed by atoms with E-state index in [2.05, 4.69) is 10.3 Å². The Morgan fingerprint density at radius 2 is 1.84 bits per heavy atom. The van der Waals surface area contributed by atoms with Crippen LogP contribution >= 0.6 is 0 Å². The molecule has 3 rings (SSSR count). The predicted octanol–water partition coefficient (Wildman–Crippen LogP) is 3.97. The summed E-state index contributed by atoms with van der Waals surface area (Å²) in [5.41, 5.74) is -0.376. The highest BCUT2D eigenvalue weighted by molar-refractivity contribution is 5.98. The van der Waals surface area contributed by atoms with Crippen molar-refractivity contribution in [3.05, 3.63) is 53.3 Å². The van der Waals surface area contributed by atoms with Crippen LogP contribution in [0.4, 0.5) is 13.2 Å². The predicted molar refractivity (Wildman–Crippen MR) is 149 cm³/mol. The zero-order valence-corrected chi connectivity index (χ0v) is 25.1. The molecule has 1 aliphatic rings. The van der Waals surface area contributed by atoms with Gasteiger partial charge in [-0.05, 0) is 37.0 Å². The van der Waals surface area contributed by atoms with Gasteiger partial charge in [-0.25, -0.2) is 9.78 Å². The SMILES string of the molecule is COc1ccnc(C(=O)N[C@H]2COC[C@H](Cc3ccc(C(F)(F)F)cc3)[C@@H](OCC(C)C)[C@H](C)OC2=O)c1OCOC(C)=O. The second-order valence-electron chi connectivity index (χ2n) is 10.6. The van der Waals surface area contributed by atoms with Gasteiger partial charge in [-0.15, -0.1) is 0 Å². The van der Waals surface area contributed by atoms with Crippen LogP contribution in [0, 0.1) is 11.8 Å². The quantitative estimate of drug-likeness (QED) is 0.289. The Morgan fingerprint density at radius 1 is 1.14 bits per heavy atom. The molecule has 2 aromatic rings. The van der Waals surface area contributed by atoms with E-state index in [1.54, 1.807) is 6.92 Å². The van der Waals surface area contributed by atoms with Gasteiger partial charge in [0.2, 0.25) is 6.79 Å². The van der Waals surface area contributed by atoms with Crippen molar-refractivity contribution < 1.29 is 56.0 Å². The monoisotopic (exact) mass is 626 g/mol. The fourth-order valence-electron chi connectivity index (χ4n) is 4.49. The molecule has 4 atom stereocenters. The average Bonchev–Trinajstić information content (AvgIpc) is 3.00. The molecule has 1 aromatic carbocycles. The molecular formula is C30H37F3N2O9. The van der Waals surface area contributed by atoms with E-state index in [0.29, 0.717) is 12.2 Å². The van der Waals surface area contributed by atoms with Crippen LogP contribution in [0.2, 0.25) is 0 Å². The molecule has 1 saturated heterocycles. The van der Waals surface area contributed by atoms with Crippen molar-refractivity contribution >= 4 is 17.8 Å². The molecule has 44 heavy (non-hydrogen) atoms. The Kier molecular flexibility index (Phi) is 12.3. The number of hydrogen-bond acceptors (Lipinski definition) is 10. The number of halogens is 3. The zero-order valence-electron chi connectivity index (χ0n) is 25.1. The zero-order chi connectivity index (χ0) is 32.4. The van der Waals surface area contributed by atoms with Crippen molar-refractivity contribution in [1.29, 1.82) is 0 Å². The number of amides is 1. The van der Waals surface area contributed by atoms with Crippen LogP contribution in [-0.4, -0.2) is 74.8 Å². The molecule has 1 aliphatic heterocycles. The van der Waals surface area contributed by atoms with Gasteiger partial charge >= 0.3 is 18.1 Å². The summed E-state index contributed by atoms with van der Waals surface area (Å²) in [7, 11) is 1.35. The summed E-state index contributed by atoms with van der Waals surface area (Å²) >= 11 is 0. The number of cyclic esters (lactones) is 1. The van der Waals surface area contributed by atoms with Crippen molar-refractivity contribution in [2.24, 2.45) is 11.8 Å². The average molecular weight is 627 g/mol. The van der Waals surface area contributed by atoms with Gasteiger partial charge in [-0.1, -0.05) is 26.0 Å². The van der Waals surface area contributed by atoms with E-state index < -0.39 is 60.5 Å². The molecule has 1 amide bonds. The first-order chi connectivity index (χ1) is 20.8. The number of nitrogens with one attached hydrogen (secondary N) is 1. The number of carbonyl (C=O) groups is 3. The third-order valence-corrected chi connectivity index (χ3v) is 6.61. The fourth-order valence-corrected chi connectivity index (χ4v) is 4.49. The van der Waals surface area contributed by atoms with E-state index >= 15 is 0 Å². The van der Waals surface area contributed by atoms with Gasteiger partial charge in [0.1, 0.15) is 6.10 Å². The second-order valence-corrected chi connectivity index (χ2v) is 10.6. The van der Waals surface area contributed by atoms with E-state index in [0.717, 1.165) is 12.1 Å². The maximum Gasteiger partial charge on any atom is 0.416 e. The largest absolute Gasteiger partial charge is 0.493 e. The van der Waals surface area contributed by atoms with Crippen LogP contribution in [0.5, 0.6) is 11.5 Å². The van der Waals surface area contributed by atoms with Crippen molar-refractivity contribution in [3.63, 3.8) is 0 Å². The van der Waals surface area contributed by atoms with E-state index in [-0.39, 0.29) is 42.7 Å². The van der Waals surface area contributed by atoms with Crippen molar-refractivity contribution in [3.8, 4) is 11.5 Å². The van der Waals surface area contributed by atoms with Crippen molar-refractivity contribution in [2.75, 3.05) is 33.7 Å². The van der Waals surface area contributed by atoms with Crippen LogP contribution < -0.4 is 14.8 Å². The van der Waals surface area contributed by atoms with Gasteiger partial charge in [0.05, 0.1) is 32.0 Å². The molecule has 1 aromatic heterocycles. The molecule has 242 valence electrons. The van der Waals surface area contributed by atoms with Gasteiger partial charge in [0.25, 0.3) is 5.91 Å². The third kappa shape index (κ3) is 9.81. The molecule has 0 aliphatic carbocycles. The number of hydrogen-bond donors (Lipinski definition) is 1. The Morgan fingerprint density at radius 3 is 2.45 bits per heavy atom. The number of pyridine rings is 1. The lowest BCUT2D eigenvalue weighted by Gasteiger charge is -2.31. The number of benzene rings is 1. The Bertz CT molecular complexity index is 1270. The molecule has 14 heteroatoms. The van der Waals surface area contributed by atoms with Crippen molar-refractivity contribution in [1.82, 2.24) is 10.3 Å². The number of methoxy groups -OCH3 is 1. The number of esters is 2. The molecule has 0 radical (unpaired) electrons. The summed E-state index contributed by atoms with van der Waals surface area (Å²) in [5, 5.41) is 2.55. The van der Waals surface area contributed by atoms with Gasteiger partial charge in [-0.2, -0.15) is 13.2 Å². The van der Waals surface area contributed by atoms with Gasteiger partial charge in [0.15, 0.2) is 23.2 Å². The van der Waals surface area contributed by atoms with Gasteiger partial charge < -0.3 is 33.7 Å². The first kappa shape index (κ1) is 34.6. The molecule has 2 heterocycles. The smallest absolute Gasteiger partial charge is 0.416 e. The summed E-state index contributed by atoms with van der Waals surface area (Å²) in [6.07, 6.45) is -4.31. The minimum Gasteiger partial charge on any atom is -0.493 e. The van der Waals surface area contributed by atoms with Crippen LogP contribution in [0.1, 0.15) is 49.3 Å². The van der Waals surface area contributed by atoms with Crippen LogP contribution in [0.15, 0.2) is 36.5 Å². The maximum absolute atomic E-state index is 13.3.